The normalized spacial score (nSPS) is 9.83. The minimum Gasteiger partial charge on any atom is -0.464 e. The van der Waals surface area contributed by atoms with Crippen LogP contribution in [0.15, 0.2) is 4.99 Å². The van der Waals surface area contributed by atoms with E-state index in [0.717, 1.165) is 0 Å². The maximum atomic E-state index is 10.6. The Labute approximate surface area is 70.8 Å². The monoisotopic (exact) mass is 172 g/mol. The van der Waals surface area contributed by atoms with Crippen molar-refractivity contribution in [2.75, 3.05) is 13.2 Å². The number of aliphatic imine (C=N–C) groups is 1. The molecule has 0 aromatic rings. The van der Waals surface area contributed by atoms with E-state index in [2.05, 4.69) is 15.0 Å². The summed E-state index contributed by atoms with van der Waals surface area (Å²) in [4.78, 5) is 24.3. The Bertz CT molecular complexity index is 189. The van der Waals surface area contributed by atoms with Crippen molar-refractivity contribution in [3.05, 3.63) is 0 Å². The molecule has 0 radical (unpaired) electrons. The smallest absolute Gasteiger partial charge is 0.340 e. The van der Waals surface area contributed by atoms with Crippen LogP contribution in [0.4, 0.5) is 4.79 Å². The second kappa shape index (κ2) is 6.33. The molecule has 0 heterocycles. The lowest BCUT2D eigenvalue weighted by Gasteiger charge is -2.01. The van der Waals surface area contributed by atoms with Gasteiger partial charge in [0.15, 0.2) is 0 Å². The molecular weight excluding hydrogens is 160 g/mol. The summed E-state index contributed by atoms with van der Waals surface area (Å²) in [5.74, 6) is -0.358. The minimum absolute atomic E-state index is 0.181. The molecule has 0 aromatic heterocycles. The summed E-state index contributed by atoms with van der Waals surface area (Å²) in [6.07, 6.45) is 1.39. The van der Waals surface area contributed by atoms with Crippen LogP contribution in [0.3, 0.4) is 0 Å². The van der Waals surface area contributed by atoms with Crippen molar-refractivity contribution in [3.63, 3.8) is 0 Å². The number of esters is 1. The number of carbonyl (C=O) groups excluding carboxylic acids is 2. The molecule has 5 nitrogen and oxygen atoms in total. The first-order valence-corrected chi connectivity index (χ1v) is 3.56. The van der Waals surface area contributed by atoms with Crippen LogP contribution in [-0.2, 0) is 9.53 Å². The predicted molar refractivity (Wildman–Crippen MR) is 44.2 cm³/mol. The number of nitrogens with one attached hydrogen (secondary N) is 1. The number of urea groups is 1. The van der Waals surface area contributed by atoms with E-state index >= 15 is 0 Å². The Morgan fingerprint density at radius 3 is 2.75 bits per heavy atom. The Hall–Kier alpha value is -1.39. The quantitative estimate of drug-likeness (QED) is 0.379. The summed E-state index contributed by atoms with van der Waals surface area (Å²) in [5.41, 5.74) is 0. The van der Waals surface area contributed by atoms with E-state index in [-0.39, 0.29) is 19.1 Å². The largest absolute Gasteiger partial charge is 0.464 e. The SMILES string of the molecule is CC=NC(=O)NCCOC(C)=O. The van der Waals surface area contributed by atoms with Crippen LogP contribution >= 0.6 is 0 Å². The fourth-order valence-electron chi connectivity index (χ4n) is 0.516. The predicted octanol–water partition coefficient (Wildman–Crippen LogP) is 0.350. The molecule has 5 heteroatoms. The van der Waals surface area contributed by atoms with E-state index in [1.807, 2.05) is 0 Å². The maximum Gasteiger partial charge on any atom is 0.340 e. The standard InChI is InChI=1S/C7H12N2O3/c1-3-8-7(11)9-4-5-12-6(2)10/h3H,4-5H2,1-2H3,(H,9,11). The molecule has 0 aliphatic carbocycles. The van der Waals surface area contributed by atoms with Crippen LogP contribution in [0.2, 0.25) is 0 Å². The third-order valence-corrected chi connectivity index (χ3v) is 0.930. The van der Waals surface area contributed by atoms with E-state index in [4.69, 9.17) is 0 Å². The van der Waals surface area contributed by atoms with E-state index in [1.165, 1.54) is 13.1 Å². The van der Waals surface area contributed by atoms with E-state index < -0.39 is 6.03 Å². The molecule has 0 rings (SSSR count). The molecule has 12 heavy (non-hydrogen) atoms. The highest BCUT2D eigenvalue weighted by atomic mass is 16.5. The average Bonchev–Trinajstić information content (AvgIpc) is 1.98. The molecule has 0 unspecified atom stereocenters. The number of amides is 2. The van der Waals surface area contributed by atoms with Gasteiger partial charge >= 0.3 is 12.0 Å². The van der Waals surface area contributed by atoms with E-state index in [1.54, 1.807) is 6.92 Å². The third-order valence-electron chi connectivity index (χ3n) is 0.930. The Morgan fingerprint density at radius 2 is 2.25 bits per heavy atom. The molecule has 0 saturated carbocycles. The highest BCUT2D eigenvalue weighted by Gasteiger charge is 1.95. The molecule has 0 spiro atoms. The third kappa shape index (κ3) is 6.73. The second-order valence-electron chi connectivity index (χ2n) is 1.96. The van der Waals surface area contributed by atoms with Crippen LogP contribution in [0, 0.1) is 0 Å². The maximum absolute atomic E-state index is 10.6. The molecule has 0 fully saturated rings. The van der Waals surface area contributed by atoms with Gasteiger partial charge < -0.3 is 10.1 Å². The Balaban J connectivity index is 3.31. The average molecular weight is 172 g/mol. The molecule has 68 valence electrons. The van der Waals surface area contributed by atoms with Gasteiger partial charge in [0.1, 0.15) is 6.61 Å². The van der Waals surface area contributed by atoms with Gasteiger partial charge in [-0.2, -0.15) is 0 Å². The molecule has 0 bridgehead atoms. The highest BCUT2D eigenvalue weighted by Crippen LogP contribution is 1.76. The summed E-state index contributed by atoms with van der Waals surface area (Å²) in [7, 11) is 0. The lowest BCUT2D eigenvalue weighted by Crippen LogP contribution is -2.25. The van der Waals surface area contributed by atoms with Crippen LogP contribution in [0.1, 0.15) is 13.8 Å². The lowest BCUT2D eigenvalue weighted by molar-refractivity contribution is -0.140. The zero-order valence-electron chi connectivity index (χ0n) is 7.16. The summed E-state index contributed by atoms with van der Waals surface area (Å²) < 4.78 is 4.56. The molecule has 2 amide bonds. The number of rotatable bonds is 3. The number of nitrogens with zero attached hydrogens (tertiary/aromatic N) is 1. The van der Waals surface area contributed by atoms with Crippen LogP contribution in [0.25, 0.3) is 0 Å². The number of hydrogen-bond acceptors (Lipinski definition) is 3. The van der Waals surface area contributed by atoms with Crippen molar-refractivity contribution >= 4 is 18.2 Å². The van der Waals surface area contributed by atoms with Gasteiger partial charge in [-0.1, -0.05) is 0 Å². The van der Waals surface area contributed by atoms with E-state index in [9.17, 15) is 9.59 Å². The number of hydrogen-bond donors (Lipinski definition) is 1. The topological polar surface area (TPSA) is 67.8 Å². The van der Waals surface area contributed by atoms with Gasteiger partial charge in [0, 0.05) is 13.1 Å². The van der Waals surface area contributed by atoms with Crippen LogP contribution < -0.4 is 5.32 Å². The molecule has 0 aromatic carbocycles. The summed E-state index contributed by atoms with van der Waals surface area (Å²) in [6, 6.07) is -0.426. The molecule has 0 atom stereocenters. The van der Waals surface area contributed by atoms with Crippen LogP contribution in [-0.4, -0.2) is 31.4 Å². The van der Waals surface area contributed by atoms with Gasteiger partial charge in [0.05, 0.1) is 6.54 Å². The number of carbonyl (C=O) groups is 2. The Morgan fingerprint density at radius 1 is 1.58 bits per heavy atom. The molecule has 1 N–H and O–H groups in total. The van der Waals surface area contributed by atoms with Crippen molar-refractivity contribution in [2.45, 2.75) is 13.8 Å². The fraction of sp³-hybridized carbons (Fsp3) is 0.571. The van der Waals surface area contributed by atoms with Crippen molar-refractivity contribution in [1.29, 1.82) is 0 Å². The highest BCUT2D eigenvalue weighted by molar-refractivity contribution is 5.82. The second-order valence-corrected chi connectivity index (χ2v) is 1.96. The van der Waals surface area contributed by atoms with Gasteiger partial charge in [-0.25, -0.2) is 9.79 Å². The van der Waals surface area contributed by atoms with Crippen LogP contribution in [0.5, 0.6) is 0 Å². The van der Waals surface area contributed by atoms with Crippen molar-refractivity contribution in [3.8, 4) is 0 Å². The molecule has 0 aliphatic heterocycles. The fourth-order valence-corrected chi connectivity index (χ4v) is 0.516. The summed E-state index contributed by atoms with van der Waals surface area (Å²) >= 11 is 0. The van der Waals surface area contributed by atoms with Gasteiger partial charge in [-0.15, -0.1) is 0 Å². The van der Waals surface area contributed by atoms with Gasteiger partial charge in [0.25, 0.3) is 0 Å². The first-order valence-electron chi connectivity index (χ1n) is 3.56. The molecule has 0 saturated heterocycles. The summed E-state index contributed by atoms with van der Waals surface area (Å²) in [6.45, 7) is 3.42. The molecule has 0 aliphatic rings. The van der Waals surface area contributed by atoms with Gasteiger partial charge in [-0.05, 0) is 6.92 Å². The lowest BCUT2D eigenvalue weighted by atomic mass is 10.6. The first-order chi connectivity index (χ1) is 5.66. The van der Waals surface area contributed by atoms with Crippen molar-refractivity contribution in [1.82, 2.24) is 5.32 Å². The zero-order valence-corrected chi connectivity index (χ0v) is 7.16. The van der Waals surface area contributed by atoms with Gasteiger partial charge in [0.2, 0.25) is 0 Å². The van der Waals surface area contributed by atoms with Gasteiger partial charge in [-0.3, -0.25) is 4.79 Å². The Kier molecular flexibility index (Phi) is 5.60. The van der Waals surface area contributed by atoms with Crippen molar-refractivity contribution in [2.24, 2.45) is 4.99 Å². The summed E-state index contributed by atoms with van der Waals surface area (Å²) in [5, 5.41) is 2.42. The molecular formula is C7H12N2O3. The van der Waals surface area contributed by atoms with E-state index in [0.29, 0.717) is 0 Å². The van der Waals surface area contributed by atoms with Crippen molar-refractivity contribution < 1.29 is 14.3 Å². The first kappa shape index (κ1) is 10.6. The number of ether oxygens (including phenoxy) is 1. The minimum atomic E-state index is -0.426. The zero-order chi connectivity index (χ0) is 9.40.